The molecule has 31 heavy (non-hydrogen) atoms. The third kappa shape index (κ3) is 8.85. The molecule has 0 spiro atoms. The molecule has 2 aromatic carbocycles. The number of hydrogen-bond donors (Lipinski definition) is 0. The molecule has 0 atom stereocenters. The van der Waals surface area contributed by atoms with Gasteiger partial charge in [-0.2, -0.15) is 0 Å². The molecule has 0 aliphatic heterocycles. The second-order valence-corrected chi connectivity index (χ2v) is 9.05. The molecule has 1 heteroatoms. The van der Waals surface area contributed by atoms with Crippen molar-refractivity contribution in [3.8, 4) is 0 Å². The summed E-state index contributed by atoms with van der Waals surface area (Å²) in [5.41, 5.74) is 6.81. The number of benzene rings is 2. The zero-order valence-electron chi connectivity index (χ0n) is 20.3. The molecule has 0 amide bonds. The number of ketones is 1. The van der Waals surface area contributed by atoms with Gasteiger partial charge in [0.05, 0.1) is 0 Å². The van der Waals surface area contributed by atoms with Gasteiger partial charge < -0.3 is 0 Å². The van der Waals surface area contributed by atoms with Crippen LogP contribution in [0.5, 0.6) is 0 Å². The van der Waals surface area contributed by atoms with Crippen LogP contribution in [0.25, 0.3) is 6.08 Å². The molecule has 1 nitrogen and oxygen atoms in total. The Hall–Kier alpha value is -2.15. The molecule has 2 aromatic rings. The van der Waals surface area contributed by atoms with E-state index in [0.717, 1.165) is 23.1 Å². The summed E-state index contributed by atoms with van der Waals surface area (Å²) in [6, 6.07) is 12.6. The lowest BCUT2D eigenvalue weighted by molar-refractivity contribution is 0.104. The maximum atomic E-state index is 12.6. The van der Waals surface area contributed by atoms with Crippen LogP contribution in [0.15, 0.2) is 42.5 Å². The Bertz CT molecular complexity index is 826. The fourth-order valence-corrected chi connectivity index (χ4v) is 4.10. The van der Waals surface area contributed by atoms with Gasteiger partial charge in [0.1, 0.15) is 0 Å². The molecular formula is C30H42O. The van der Waals surface area contributed by atoms with Gasteiger partial charge in [0.15, 0.2) is 5.78 Å². The van der Waals surface area contributed by atoms with Crippen molar-refractivity contribution in [2.75, 3.05) is 0 Å². The number of unbranched alkanes of at least 4 members (excludes halogenated alkanes) is 9. The molecular weight excluding hydrogens is 376 g/mol. The number of rotatable bonds is 14. The van der Waals surface area contributed by atoms with Crippen molar-refractivity contribution >= 4 is 11.9 Å². The van der Waals surface area contributed by atoms with E-state index in [2.05, 4.69) is 45.0 Å². The Morgan fingerprint density at radius 1 is 0.710 bits per heavy atom. The van der Waals surface area contributed by atoms with Crippen molar-refractivity contribution in [2.24, 2.45) is 0 Å². The Morgan fingerprint density at radius 3 is 1.90 bits per heavy atom. The van der Waals surface area contributed by atoms with Gasteiger partial charge in [0.2, 0.25) is 0 Å². The van der Waals surface area contributed by atoms with Gasteiger partial charge in [0.25, 0.3) is 0 Å². The molecule has 0 bridgehead atoms. The number of allylic oxidation sites excluding steroid dienone is 1. The third-order valence-electron chi connectivity index (χ3n) is 6.55. The number of carbonyl (C=O) groups excluding carboxylic acids is 1. The molecule has 0 fully saturated rings. The topological polar surface area (TPSA) is 17.1 Å². The SMILES string of the molecule is CCCCCCCCCCCCc1ccc(C=CC(=O)c2ccc(C)c(C)c2C)cc1. The summed E-state index contributed by atoms with van der Waals surface area (Å²) in [4.78, 5) is 12.6. The Morgan fingerprint density at radius 2 is 1.29 bits per heavy atom. The first-order chi connectivity index (χ1) is 15.0. The summed E-state index contributed by atoms with van der Waals surface area (Å²) in [5.74, 6) is 0.0787. The molecule has 0 heterocycles. The van der Waals surface area contributed by atoms with Crippen LogP contribution in [-0.4, -0.2) is 5.78 Å². The zero-order chi connectivity index (χ0) is 22.5. The van der Waals surface area contributed by atoms with E-state index < -0.39 is 0 Å². The van der Waals surface area contributed by atoms with Crippen molar-refractivity contribution in [1.82, 2.24) is 0 Å². The average molecular weight is 419 g/mol. The molecule has 2 rings (SSSR count). The monoisotopic (exact) mass is 418 g/mol. The summed E-state index contributed by atoms with van der Waals surface area (Å²) >= 11 is 0. The minimum absolute atomic E-state index is 0.0787. The van der Waals surface area contributed by atoms with Crippen molar-refractivity contribution in [3.05, 3.63) is 75.9 Å². The summed E-state index contributed by atoms with van der Waals surface area (Å²) in [6.07, 6.45) is 18.6. The summed E-state index contributed by atoms with van der Waals surface area (Å²) in [5, 5.41) is 0. The predicted octanol–water partition coefficient (Wildman–Crippen LogP) is 8.97. The zero-order valence-corrected chi connectivity index (χ0v) is 20.3. The van der Waals surface area contributed by atoms with Crippen LogP contribution in [0, 0.1) is 20.8 Å². The largest absolute Gasteiger partial charge is 0.289 e. The molecule has 0 aliphatic rings. The quantitative estimate of drug-likeness (QED) is 0.170. The van der Waals surface area contributed by atoms with Crippen LogP contribution in [0.3, 0.4) is 0 Å². The minimum Gasteiger partial charge on any atom is -0.289 e. The smallest absolute Gasteiger partial charge is 0.186 e. The van der Waals surface area contributed by atoms with E-state index in [1.165, 1.54) is 80.9 Å². The standard InChI is InChI=1S/C30H42O/c1-5-6-7-8-9-10-11-12-13-14-15-27-17-19-28(20-18-27)21-23-30(31)29-22-16-24(2)25(3)26(29)4/h16-23H,5-15H2,1-4H3. The summed E-state index contributed by atoms with van der Waals surface area (Å²) < 4.78 is 0. The van der Waals surface area contributed by atoms with E-state index in [0.29, 0.717) is 0 Å². The van der Waals surface area contributed by atoms with Gasteiger partial charge >= 0.3 is 0 Å². The van der Waals surface area contributed by atoms with Crippen molar-refractivity contribution in [2.45, 2.75) is 98.3 Å². The van der Waals surface area contributed by atoms with Gasteiger partial charge in [0, 0.05) is 5.56 Å². The lowest BCUT2D eigenvalue weighted by Crippen LogP contribution is -2.01. The number of carbonyl (C=O) groups is 1. The van der Waals surface area contributed by atoms with Crippen LogP contribution in [0.4, 0.5) is 0 Å². The second kappa shape index (κ2) is 14.0. The molecule has 0 aliphatic carbocycles. The van der Waals surface area contributed by atoms with E-state index in [-0.39, 0.29) is 5.78 Å². The highest BCUT2D eigenvalue weighted by Gasteiger charge is 2.09. The first-order valence-corrected chi connectivity index (χ1v) is 12.4. The molecule has 0 radical (unpaired) electrons. The molecule has 0 N–H and O–H groups in total. The normalized spacial score (nSPS) is 11.4. The molecule has 0 saturated heterocycles. The van der Waals surface area contributed by atoms with Crippen molar-refractivity contribution in [1.29, 1.82) is 0 Å². The van der Waals surface area contributed by atoms with Crippen LogP contribution in [-0.2, 0) is 6.42 Å². The highest BCUT2D eigenvalue weighted by molar-refractivity contribution is 6.08. The predicted molar refractivity (Wildman–Crippen MR) is 136 cm³/mol. The summed E-state index contributed by atoms with van der Waals surface area (Å²) in [7, 11) is 0. The molecule has 0 saturated carbocycles. The van der Waals surface area contributed by atoms with Gasteiger partial charge in [-0.25, -0.2) is 0 Å². The fourth-order valence-electron chi connectivity index (χ4n) is 4.10. The molecule has 0 aromatic heterocycles. The van der Waals surface area contributed by atoms with Gasteiger partial charge in [-0.3, -0.25) is 4.79 Å². The van der Waals surface area contributed by atoms with Crippen LogP contribution < -0.4 is 0 Å². The van der Waals surface area contributed by atoms with Gasteiger partial charge in [-0.1, -0.05) is 107 Å². The first-order valence-electron chi connectivity index (χ1n) is 12.4. The maximum Gasteiger partial charge on any atom is 0.186 e. The fraction of sp³-hybridized carbons (Fsp3) is 0.500. The molecule has 168 valence electrons. The van der Waals surface area contributed by atoms with E-state index in [1.54, 1.807) is 6.08 Å². The Kier molecular flexibility index (Phi) is 11.4. The average Bonchev–Trinajstić information content (AvgIpc) is 2.78. The van der Waals surface area contributed by atoms with E-state index in [4.69, 9.17) is 0 Å². The van der Waals surface area contributed by atoms with E-state index >= 15 is 0 Å². The van der Waals surface area contributed by atoms with Crippen molar-refractivity contribution in [3.63, 3.8) is 0 Å². The van der Waals surface area contributed by atoms with Gasteiger partial charge in [-0.15, -0.1) is 0 Å². The highest BCUT2D eigenvalue weighted by atomic mass is 16.1. The van der Waals surface area contributed by atoms with Crippen molar-refractivity contribution < 1.29 is 4.79 Å². The number of aryl methyl sites for hydroxylation is 2. The second-order valence-electron chi connectivity index (χ2n) is 9.05. The first kappa shape index (κ1) is 25.1. The van der Waals surface area contributed by atoms with E-state index in [9.17, 15) is 4.79 Å². The maximum absolute atomic E-state index is 12.6. The highest BCUT2D eigenvalue weighted by Crippen LogP contribution is 2.19. The van der Waals surface area contributed by atoms with Crippen LogP contribution in [0.1, 0.15) is 109 Å². The van der Waals surface area contributed by atoms with E-state index in [1.807, 2.05) is 25.1 Å². The van der Waals surface area contributed by atoms with Gasteiger partial charge in [-0.05, 0) is 67.5 Å². The number of hydrogen-bond acceptors (Lipinski definition) is 1. The third-order valence-corrected chi connectivity index (χ3v) is 6.55. The lowest BCUT2D eigenvalue weighted by Gasteiger charge is -2.08. The van der Waals surface area contributed by atoms with Crippen LogP contribution >= 0.6 is 0 Å². The molecule has 0 unspecified atom stereocenters. The Labute approximate surface area is 191 Å². The Balaban J connectivity index is 1.70. The minimum atomic E-state index is 0.0787. The summed E-state index contributed by atoms with van der Waals surface area (Å²) in [6.45, 7) is 8.48. The lowest BCUT2D eigenvalue weighted by atomic mass is 9.96. The van der Waals surface area contributed by atoms with Crippen LogP contribution in [0.2, 0.25) is 0 Å².